The van der Waals surface area contributed by atoms with Crippen molar-refractivity contribution in [2.45, 2.75) is 32.7 Å². The summed E-state index contributed by atoms with van der Waals surface area (Å²) in [6.45, 7) is 3.97. The van der Waals surface area contributed by atoms with Crippen molar-refractivity contribution in [3.63, 3.8) is 0 Å². The van der Waals surface area contributed by atoms with E-state index in [1.54, 1.807) is 30.7 Å². The summed E-state index contributed by atoms with van der Waals surface area (Å²) in [4.78, 5) is 32.5. The first-order chi connectivity index (χ1) is 17.7. The number of aromatic hydroxyl groups is 1. The molecule has 0 saturated heterocycles. The lowest BCUT2D eigenvalue weighted by Crippen LogP contribution is -2.40. The zero-order valence-corrected chi connectivity index (χ0v) is 26.9. The minimum absolute atomic E-state index is 0.201. The third kappa shape index (κ3) is 5.69. The molecule has 0 aliphatic carbocycles. The summed E-state index contributed by atoms with van der Waals surface area (Å²) in [5.74, 6) is 0.258. The lowest BCUT2D eigenvalue weighted by atomic mass is 9.93. The maximum atomic E-state index is 13.9. The molecule has 7 nitrogen and oxygen atoms in total. The Bertz CT molecular complexity index is 1570. The smallest absolute Gasteiger partial charge is 0.338 e. The molecular weight excluding hydrogens is 786 g/mol. The summed E-state index contributed by atoms with van der Waals surface area (Å²) in [6.07, 6.45) is 3.11. The van der Waals surface area contributed by atoms with Crippen LogP contribution in [0.4, 0.5) is 0 Å². The Morgan fingerprint density at radius 1 is 1.24 bits per heavy atom. The molecule has 1 N–H and O–H groups in total. The molecule has 2 aromatic carbocycles. The van der Waals surface area contributed by atoms with E-state index in [1.807, 2.05) is 31.2 Å². The Labute approximate surface area is 253 Å². The molecule has 0 spiro atoms. The van der Waals surface area contributed by atoms with Crippen LogP contribution in [0.15, 0.2) is 55.9 Å². The van der Waals surface area contributed by atoms with Crippen LogP contribution in [0.25, 0.3) is 6.08 Å². The topological polar surface area (TPSA) is 90.1 Å². The zero-order chi connectivity index (χ0) is 26.9. The molecule has 2 heterocycles. The molecule has 194 valence electrons. The van der Waals surface area contributed by atoms with E-state index < -0.39 is 12.0 Å². The number of fused-ring (bicyclic) bond motifs is 1. The highest BCUT2D eigenvalue weighted by atomic mass is 127. The van der Waals surface area contributed by atoms with Crippen LogP contribution in [0.1, 0.15) is 43.9 Å². The maximum absolute atomic E-state index is 13.9. The van der Waals surface area contributed by atoms with Crippen LogP contribution < -0.4 is 19.6 Å². The van der Waals surface area contributed by atoms with E-state index in [9.17, 15) is 14.7 Å². The lowest BCUT2D eigenvalue weighted by Gasteiger charge is -2.27. The van der Waals surface area contributed by atoms with Gasteiger partial charge in [0, 0.05) is 10.0 Å². The number of benzene rings is 2. The van der Waals surface area contributed by atoms with Crippen LogP contribution in [0, 0.1) is 7.14 Å². The Kier molecular flexibility index (Phi) is 9.17. The van der Waals surface area contributed by atoms with Crippen LogP contribution in [0.5, 0.6) is 11.5 Å². The van der Waals surface area contributed by atoms with E-state index in [-0.39, 0.29) is 17.9 Å². The lowest BCUT2D eigenvalue weighted by molar-refractivity contribution is -0.139. The van der Waals surface area contributed by atoms with Gasteiger partial charge in [-0.3, -0.25) is 9.36 Å². The van der Waals surface area contributed by atoms with Gasteiger partial charge in [-0.2, -0.15) is 0 Å². The molecule has 0 amide bonds. The van der Waals surface area contributed by atoms with Crippen molar-refractivity contribution in [2.75, 3.05) is 13.7 Å². The Hall–Kier alpha value is -1.71. The first-order valence-corrected chi connectivity index (χ1v) is 15.2. The molecule has 37 heavy (non-hydrogen) atoms. The number of thiazole rings is 1. The van der Waals surface area contributed by atoms with Gasteiger partial charge in [0.2, 0.25) is 0 Å². The van der Waals surface area contributed by atoms with Crippen LogP contribution >= 0.6 is 72.4 Å². The summed E-state index contributed by atoms with van der Waals surface area (Å²) < 4.78 is 15.3. The number of halogens is 3. The SMILES string of the molecule is CCCC1=C(C(=O)OCC)[C@H](c2cc(Br)ccc2OC)n2c(s/c(=C/c3cc(I)c(O)c(I)c3)c2=O)=N1. The van der Waals surface area contributed by atoms with E-state index in [1.165, 1.54) is 11.3 Å². The fourth-order valence-corrected chi connectivity index (χ4v) is 7.37. The van der Waals surface area contributed by atoms with Crippen molar-refractivity contribution in [3.05, 3.63) is 84.0 Å². The summed E-state index contributed by atoms with van der Waals surface area (Å²) >= 11 is 8.93. The standard InChI is InChI=1S/C26H23BrI2N2O5S/c1-4-6-18-21(25(34)36-5-2)22(15-12-14(27)7-8-19(15)35-3)31-24(33)20(37-26(31)30-18)11-13-9-16(28)23(32)17(29)10-13/h7-12,22,32H,4-6H2,1-3H3/b20-11+/t22-/m0/s1. The van der Waals surface area contributed by atoms with Gasteiger partial charge in [-0.25, -0.2) is 9.79 Å². The number of hydrogen-bond donors (Lipinski definition) is 1. The van der Waals surface area contributed by atoms with Gasteiger partial charge in [0.15, 0.2) is 4.80 Å². The van der Waals surface area contributed by atoms with E-state index in [4.69, 9.17) is 14.5 Å². The molecule has 0 fully saturated rings. The largest absolute Gasteiger partial charge is 0.506 e. The number of carbonyl (C=O) groups is 1. The van der Waals surface area contributed by atoms with Crippen molar-refractivity contribution in [1.82, 2.24) is 4.57 Å². The average Bonchev–Trinajstić information content (AvgIpc) is 3.16. The molecule has 4 rings (SSSR count). The number of hydrogen-bond acceptors (Lipinski definition) is 7. The number of esters is 1. The summed E-state index contributed by atoms with van der Waals surface area (Å²) in [7, 11) is 1.56. The van der Waals surface area contributed by atoms with Gasteiger partial charge in [0.05, 0.1) is 36.7 Å². The second-order valence-electron chi connectivity index (χ2n) is 8.13. The molecule has 0 bridgehead atoms. The monoisotopic (exact) mass is 808 g/mol. The predicted molar refractivity (Wildman–Crippen MR) is 164 cm³/mol. The minimum atomic E-state index is -0.772. The number of carbonyl (C=O) groups excluding carboxylic acids is 1. The van der Waals surface area contributed by atoms with Crippen molar-refractivity contribution in [2.24, 2.45) is 4.99 Å². The number of phenols is 1. The summed E-state index contributed by atoms with van der Waals surface area (Å²) in [5, 5.41) is 10.1. The molecule has 3 aromatic rings. The van der Waals surface area contributed by atoms with Crippen LogP contribution in [0.2, 0.25) is 0 Å². The third-order valence-corrected chi connectivity index (χ3v) is 8.84. The summed E-state index contributed by atoms with van der Waals surface area (Å²) in [6, 6.07) is 8.37. The van der Waals surface area contributed by atoms with Gasteiger partial charge in [0.25, 0.3) is 5.56 Å². The van der Waals surface area contributed by atoms with Crippen molar-refractivity contribution in [1.29, 1.82) is 0 Å². The number of phenolic OH excluding ortho intramolecular Hbond substituents is 1. The molecule has 0 unspecified atom stereocenters. The van der Waals surface area contributed by atoms with Gasteiger partial charge in [-0.05, 0) is 100 Å². The fourth-order valence-electron chi connectivity index (χ4n) is 4.15. The predicted octanol–water partition coefficient (Wildman–Crippen LogP) is 5.26. The molecule has 1 atom stereocenters. The highest BCUT2D eigenvalue weighted by Gasteiger charge is 2.36. The highest BCUT2D eigenvalue weighted by molar-refractivity contribution is 14.1. The van der Waals surface area contributed by atoms with Gasteiger partial charge in [0.1, 0.15) is 17.5 Å². The van der Waals surface area contributed by atoms with Gasteiger partial charge in [-0.1, -0.05) is 40.6 Å². The maximum Gasteiger partial charge on any atom is 0.338 e. The highest BCUT2D eigenvalue weighted by Crippen LogP contribution is 2.38. The minimum Gasteiger partial charge on any atom is -0.506 e. The molecule has 1 aliphatic rings. The second-order valence-corrected chi connectivity index (χ2v) is 12.4. The first kappa shape index (κ1) is 28.3. The Morgan fingerprint density at radius 2 is 1.95 bits per heavy atom. The molecule has 11 heteroatoms. The summed E-state index contributed by atoms with van der Waals surface area (Å²) in [5.41, 5.74) is 2.12. The van der Waals surface area contributed by atoms with Crippen molar-refractivity contribution in [3.8, 4) is 11.5 Å². The molecule has 1 aromatic heterocycles. The van der Waals surface area contributed by atoms with Crippen molar-refractivity contribution >= 4 is 84.5 Å². The third-order valence-electron chi connectivity index (χ3n) is 5.72. The first-order valence-electron chi connectivity index (χ1n) is 11.4. The number of aromatic nitrogens is 1. The van der Waals surface area contributed by atoms with Crippen LogP contribution in [0.3, 0.4) is 0 Å². The zero-order valence-electron chi connectivity index (χ0n) is 20.2. The van der Waals surface area contributed by atoms with Crippen LogP contribution in [-0.4, -0.2) is 29.4 Å². The van der Waals surface area contributed by atoms with Crippen LogP contribution in [-0.2, 0) is 9.53 Å². The number of methoxy groups -OCH3 is 1. The number of ether oxygens (including phenoxy) is 2. The Balaban J connectivity index is 2.05. The van der Waals surface area contributed by atoms with E-state index in [2.05, 4.69) is 61.1 Å². The van der Waals surface area contributed by atoms with E-state index in [0.29, 0.717) is 45.5 Å². The number of rotatable bonds is 7. The fraction of sp³-hybridized carbons (Fsp3) is 0.269. The van der Waals surface area contributed by atoms with E-state index >= 15 is 0 Å². The Morgan fingerprint density at radius 3 is 2.57 bits per heavy atom. The van der Waals surface area contributed by atoms with E-state index in [0.717, 1.165) is 16.5 Å². The van der Waals surface area contributed by atoms with Gasteiger partial charge < -0.3 is 14.6 Å². The molecule has 0 saturated carbocycles. The van der Waals surface area contributed by atoms with Gasteiger partial charge in [-0.15, -0.1) is 0 Å². The van der Waals surface area contributed by atoms with Gasteiger partial charge >= 0.3 is 5.97 Å². The molecule has 0 radical (unpaired) electrons. The normalized spacial score (nSPS) is 15.4. The number of nitrogens with zero attached hydrogens (tertiary/aromatic N) is 2. The number of allylic oxidation sites excluding steroid dienone is 1. The van der Waals surface area contributed by atoms with Crippen molar-refractivity contribution < 1.29 is 19.4 Å². The molecule has 1 aliphatic heterocycles. The molecular formula is C26H23BrI2N2O5S. The second kappa shape index (κ2) is 12.0. The average molecular weight is 809 g/mol. The quantitative estimate of drug-likeness (QED) is 0.260.